The lowest BCUT2D eigenvalue weighted by molar-refractivity contribution is -0.123. The number of aliphatic hydroxyl groups is 2. The molecule has 0 aromatic heterocycles. The summed E-state index contributed by atoms with van der Waals surface area (Å²) in [7, 11) is 0. The zero-order valence-corrected chi connectivity index (χ0v) is 53.4. The molecule has 0 aliphatic carbocycles. The molecule has 2 atom stereocenters. The SMILES string of the molecule is CCCCCCC/C=C\C/C=C\C/C=C\CCCCCCCCCCCCCCCCCCCCCCCCCCC(=O)NC(CO)C(O)/C=C/CC/C=C/CC/C=C/CCCCCCCCCCCCCCCCCCCC. The highest BCUT2D eigenvalue weighted by atomic mass is 16.3. The zero-order chi connectivity index (χ0) is 56.9. The summed E-state index contributed by atoms with van der Waals surface area (Å²) in [6, 6.07) is -0.648. The molecule has 0 aromatic carbocycles. The molecule has 2 unspecified atom stereocenters. The molecule has 79 heavy (non-hydrogen) atoms. The predicted octanol–water partition coefficient (Wildman–Crippen LogP) is 24.4. The molecule has 462 valence electrons. The van der Waals surface area contributed by atoms with Crippen LogP contribution in [0.4, 0.5) is 0 Å². The summed E-state index contributed by atoms with van der Waals surface area (Å²) in [4.78, 5) is 12.5. The third kappa shape index (κ3) is 66.5. The van der Waals surface area contributed by atoms with Gasteiger partial charge >= 0.3 is 0 Å². The van der Waals surface area contributed by atoms with E-state index in [0.29, 0.717) is 6.42 Å². The molecule has 4 heteroatoms. The van der Waals surface area contributed by atoms with E-state index in [1.54, 1.807) is 6.08 Å². The van der Waals surface area contributed by atoms with Gasteiger partial charge in [0.05, 0.1) is 18.8 Å². The Hall–Kier alpha value is -2.17. The fraction of sp³-hybridized carbons (Fsp3) is 0.827. The summed E-state index contributed by atoms with van der Waals surface area (Å²) >= 11 is 0. The molecular formula is C75H139NO3. The maximum atomic E-state index is 12.5. The van der Waals surface area contributed by atoms with Gasteiger partial charge in [0.1, 0.15) is 0 Å². The van der Waals surface area contributed by atoms with Gasteiger partial charge in [-0.2, -0.15) is 0 Å². The van der Waals surface area contributed by atoms with Gasteiger partial charge in [0.25, 0.3) is 0 Å². The Kier molecular flexibility index (Phi) is 68.2. The molecule has 0 aliphatic heterocycles. The van der Waals surface area contributed by atoms with Crippen LogP contribution < -0.4 is 5.32 Å². The largest absolute Gasteiger partial charge is 0.394 e. The maximum absolute atomic E-state index is 12.5. The molecule has 0 bridgehead atoms. The van der Waals surface area contributed by atoms with Gasteiger partial charge in [-0.1, -0.05) is 363 Å². The first-order chi connectivity index (χ1) is 39.2. The van der Waals surface area contributed by atoms with Gasteiger partial charge in [-0.25, -0.2) is 0 Å². The highest BCUT2D eigenvalue weighted by Gasteiger charge is 2.18. The van der Waals surface area contributed by atoms with Crippen molar-refractivity contribution < 1.29 is 15.0 Å². The topological polar surface area (TPSA) is 69.6 Å². The van der Waals surface area contributed by atoms with Gasteiger partial charge < -0.3 is 15.5 Å². The minimum absolute atomic E-state index is 0.0721. The molecule has 4 nitrogen and oxygen atoms in total. The lowest BCUT2D eigenvalue weighted by Crippen LogP contribution is -2.45. The van der Waals surface area contributed by atoms with Gasteiger partial charge in [0, 0.05) is 6.42 Å². The van der Waals surface area contributed by atoms with E-state index in [0.717, 1.165) is 51.4 Å². The molecule has 0 heterocycles. The molecule has 1 amide bonds. The smallest absolute Gasteiger partial charge is 0.220 e. The lowest BCUT2D eigenvalue weighted by Gasteiger charge is -2.19. The van der Waals surface area contributed by atoms with E-state index in [1.807, 2.05) is 6.08 Å². The molecule has 0 saturated heterocycles. The van der Waals surface area contributed by atoms with Crippen LogP contribution in [0.3, 0.4) is 0 Å². The first-order valence-corrected chi connectivity index (χ1v) is 35.7. The predicted molar refractivity (Wildman–Crippen MR) is 354 cm³/mol. The number of hydrogen-bond acceptors (Lipinski definition) is 3. The number of allylic oxidation sites excluding steroid dienone is 11. The van der Waals surface area contributed by atoms with E-state index in [9.17, 15) is 15.0 Å². The first-order valence-electron chi connectivity index (χ1n) is 35.7. The van der Waals surface area contributed by atoms with Crippen molar-refractivity contribution in [2.45, 2.75) is 392 Å². The third-order valence-corrected chi connectivity index (χ3v) is 16.4. The summed E-state index contributed by atoms with van der Waals surface area (Å²) in [5.74, 6) is -0.0721. The van der Waals surface area contributed by atoms with Crippen LogP contribution in [0, 0.1) is 0 Å². The van der Waals surface area contributed by atoms with Gasteiger partial charge in [-0.15, -0.1) is 0 Å². The number of amides is 1. The van der Waals surface area contributed by atoms with Crippen LogP contribution in [-0.4, -0.2) is 34.9 Å². The quantitative estimate of drug-likeness (QED) is 0.0420. The molecular weight excluding hydrogens is 963 g/mol. The van der Waals surface area contributed by atoms with E-state index < -0.39 is 12.1 Å². The van der Waals surface area contributed by atoms with Crippen LogP contribution in [0.5, 0.6) is 0 Å². The summed E-state index contributed by atoms with van der Waals surface area (Å²) in [6.07, 6.45) is 101. The van der Waals surface area contributed by atoms with Crippen molar-refractivity contribution in [3.63, 3.8) is 0 Å². The first kappa shape index (κ1) is 76.8. The van der Waals surface area contributed by atoms with E-state index in [1.165, 1.54) is 308 Å². The van der Waals surface area contributed by atoms with Gasteiger partial charge in [0.15, 0.2) is 0 Å². The minimum atomic E-state index is -0.873. The fourth-order valence-electron chi connectivity index (χ4n) is 11.0. The molecule has 0 spiro atoms. The molecule has 0 radical (unpaired) electrons. The summed E-state index contributed by atoms with van der Waals surface area (Å²) in [5.41, 5.74) is 0. The number of hydrogen-bond donors (Lipinski definition) is 3. The second-order valence-electron chi connectivity index (χ2n) is 24.3. The number of nitrogens with one attached hydrogen (secondary N) is 1. The van der Waals surface area contributed by atoms with Crippen LogP contribution >= 0.6 is 0 Å². The Labute approximate surface area is 495 Å². The highest BCUT2D eigenvalue weighted by Crippen LogP contribution is 2.18. The van der Waals surface area contributed by atoms with Gasteiger partial charge in [-0.05, 0) is 83.5 Å². The number of rotatable bonds is 66. The molecule has 0 fully saturated rings. The minimum Gasteiger partial charge on any atom is -0.394 e. The lowest BCUT2D eigenvalue weighted by atomic mass is 10.0. The van der Waals surface area contributed by atoms with E-state index in [-0.39, 0.29) is 12.5 Å². The van der Waals surface area contributed by atoms with Gasteiger partial charge in [-0.3, -0.25) is 4.79 Å². The van der Waals surface area contributed by atoms with Crippen molar-refractivity contribution in [2.24, 2.45) is 0 Å². The Morgan fingerprint density at radius 1 is 0.304 bits per heavy atom. The summed E-state index contributed by atoms with van der Waals surface area (Å²) < 4.78 is 0. The van der Waals surface area contributed by atoms with E-state index in [2.05, 4.69) is 79.9 Å². The highest BCUT2D eigenvalue weighted by molar-refractivity contribution is 5.76. The van der Waals surface area contributed by atoms with Crippen LogP contribution in [-0.2, 0) is 4.79 Å². The van der Waals surface area contributed by atoms with Gasteiger partial charge in [0.2, 0.25) is 5.91 Å². The molecule has 0 saturated carbocycles. The Balaban J connectivity index is 3.47. The Bertz CT molecular complexity index is 1340. The second kappa shape index (κ2) is 70.1. The number of aliphatic hydroxyl groups excluding tert-OH is 2. The number of unbranched alkanes of at least 4 members (excludes halogenated alkanes) is 49. The van der Waals surface area contributed by atoms with Crippen molar-refractivity contribution in [2.75, 3.05) is 6.61 Å². The standard InChI is InChI=1S/C75H139NO3/c1-3-5-7-9-11-13-15-17-19-21-23-25-27-29-31-33-34-35-36-37-38-39-40-41-42-43-45-47-49-51-53-55-57-59-61-63-65-67-69-71-75(79)76-73(72-77)74(78)70-68-66-64-62-60-58-56-54-52-50-48-46-44-32-30-28-26-24-22-20-18-16-14-12-10-8-6-4-2/h15,17,21,23,27,29,52,54,60,62,68,70,73-74,77-78H,3-14,16,18-20,22,24-26,28,30-51,53,55-59,61,63-67,69,71-72H2,1-2H3,(H,76,79)/b17-15-,23-21-,29-27-,54-52+,62-60+,70-68+. The second-order valence-corrected chi connectivity index (χ2v) is 24.3. The molecule has 0 rings (SSSR count). The van der Waals surface area contributed by atoms with Crippen LogP contribution in [0.15, 0.2) is 72.9 Å². The Morgan fingerprint density at radius 2 is 0.532 bits per heavy atom. The molecule has 0 aromatic rings. The Morgan fingerprint density at radius 3 is 0.823 bits per heavy atom. The van der Waals surface area contributed by atoms with Crippen molar-refractivity contribution in [3.05, 3.63) is 72.9 Å². The fourth-order valence-corrected chi connectivity index (χ4v) is 11.0. The third-order valence-electron chi connectivity index (χ3n) is 16.4. The van der Waals surface area contributed by atoms with Crippen LogP contribution in [0.25, 0.3) is 0 Å². The normalized spacial score (nSPS) is 13.1. The van der Waals surface area contributed by atoms with E-state index >= 15 is 0 Å². The molecule has 3 N–H and O–H groups in total. The average Bonchev–Trinajstić information content (AvgIpc) is 3.45. The number of carbonyl (C=O) groups is 1. The maximum Gasteiger partial charge on any atom is 0.220 e. The average molecular weight is 1100 g/mol. The summed E-state index contributed by atoms with van der Waals surface area (Å²) in [6.45, 7) is 4.32. The van der Waals surface area contributed by atoms with Crippen LogP contribution in [0.2, 0.25) is 0 Å². The van der Waals surface area contributed by atoms with Crippen molar-refractivity contribution in [1.82, 2.24) is 5.32 Å². The monoisotopic (exact) mass is 1100 g/mol. The van der Waals surface area contributed by atoms with E-state index in [4.69, 9.17) is 0 Å². The summed E-state index contributed by atoms with van der Waals surface area (Å²) in [5, 5.41) is 23.3. The zero-order valence-electron chi connectivity index (χ0n) is 53.4. The number of carbonyl (C=O) groups excluding carboxylic acids is 1. The van der Waals surface area contributed by atoms with Crippen molar-refractivity contribution in [1.29, 1.82) is 0 Å². The van der Waals surface area contributed by atoms with Crippen molar-refractivity contribution >= 4 is 5.91 Å². The van der Waals surface area contributed by atoms with Crippen molar-refractivity contribution in [3.8, 4) is 0 Å². The molecule has 0 aliphatic rings. The van der Waals surface area contributed by atoms with Crippen LogP contribution in [0.1, 0.15) is 380 Å².